The van der Waals surface area contributed by atoms with Crippen molar-refractivity contribution in [1.82, 2.24) is 5.32 Å². The number of halogens is 3. The van der Waals surface area contributed by atoms with Crippen molar-refractivity contribution in [2.45, 2.75) is 32.0 Å². The van der Waals surface area contributed by atoms with Crippen molar-refractivity contribution in [3.05, 3.63) is 29.8 Å². The second-order valence-electron chi connectivity index (χ2n) is 5.15. The van der Waals surface area contributed by atoms with Crippen LogP contribution in [0.3, 0.4) is 0 Å². The number of benzene rings is 1. The van der Waals surface area contributed by atoms with Gasteiger partial charge in [-0.05, 0) is 18.6 Å². The number of rotatable bonds is 8. The van der Waals surface area contributed by atoms with Gasteiger partial charge in [0.15, 0.2) is 0 Å². The molecule has 0 saturated carbocycles. The van der Waals surface area contributed by atoms with Crippen LogP contribution in [0, 0.1) is 0 Å². The molecule has 0 spiro atoms. The summed E-state index contributed by atoms with van der Waals surface area (Å²) in [4.78, 5) is 23.0. The first-order chi connectivity index (χ1) is 11.4. The molecule has 1 atom stereocenters. The summed E-state index contributed by atoms with van der Waals surface area (Å²) in [5.74, 6) is -3.20. The Morgan fingerprint density at radius 1 is 1.24 bits per heavy atom. The molecule has 1 rings (SSSR count). The molecule has 0 fully saturated rings. The van der Waals surface area contributed by atoms with Crippen LogP contribution in [0.4, 0.5) is 18.9 Å². The van der Waals surface area contributed by atoms with E-state index in [2.05, 4.69) is 4.72 Å². The lowest BCUT2D eigenvalue weighted by molar-refractivity contribution is -0.157. The van der Waals surface area contributed by atoms with Crippen molar-refractivity contribution in [1.29, 1.82) is 0 Å². The quantitative estimate of drug-likeness (QED) is 0.636. The van der Waals surface area contributed by atoms with E-state index in [4.69, 9.17) is 5.11 Å². The van der Waals surface area contributed by atoms with E-state index >= 15 is 0 Å². The molecule has 25 heavy (non-hydrogen) atoms. The Balaban J connectivity index is 3.04. The van der Waals surface area contributed by atoms with Crippen LogP contribution in [-0.2, 0) is 14.8 Å². The number of carboxylic acids is 1. The van der Waals surface area contributed by atoms with Crippen LogP contribution in [0.5, 0.6) is 0 Å². The third kappa shape index (κ3) is 6.99. The van der Waals surface area contributed by atoms with E-state index in [0.29, 0.717) is 6.42 Å². The predicted octanol–water partition coefficient (Wildman–Crippen LogP) is 1.97. The largest absolute Gasteiger partial charge is 0.480 e. The van der Waals surface area contributed by atoms with Gasteiger partial charge in [-0.25, -0.2) is 13.2 Å². The van der Waals surface area contributed by atoms with E-state index in [1.807, 2.05) is 0 Å². The average Bonchev–Trinajstić information content (AvgIpc) is 2.44. The fourth-order valence-electron chi connectivity index (χ4n) is 1.92. The minimum absolute atomic E-state index is 0.149. The molecule has 0 saturated heterocycles. The first kappa shape index (κ1) is 20.7. The second kappa shape index (κ2) is 8.19. The summed E-state index contributed by atoms with van der Waals surface area (Å²) >= 11 is 0. The van der Waals surface area contributed by atoms with E-state index in [-0.39, 0.29) is 17.0 Å². The van der Waals surface area contributed by atoms with Gasteiger partial charge >= 0.3 is 12.1 Å². The summed E-state index contributed by atoms with van der Waals surface area (Å²) < 4.78 is 63.0. The van der Waals surface area contributed by atoms with Crippen LogP contribution < -0.4 is 10.0 Å². The molecule has 7 nitrogen and oxygen atoms in total. The molecule has 0 bridgehead atoms. The Bertz CT molecular complexity index is 734. The van der Waals surface area contributed by atoms with Crippen LogP contribution in [0.2, 0.25) is 0 Å². The molecule has 1 aromatic carbocycles. The Morgan fingerprint density at radius 3 is 2.36 bits per heavy atom. The summed E-state index contributed by atoms with van der Waals surface area (Å²) in [6.07, 6.45) is -6.23. The number of hydrogen-bond acceptors (Lipinski definition) is 4. The standard InChI is InChI=1S/C14H17F3N2O5S/c1-2-7-25(23,24)19-10-6-4-3-5-9(10)12(20)18-11(13(21)22)8-14(15,16)17/h3-6,11,19H,2,7-8H2,1H3,(H,18,20)(H,21,22). The van der Waals surface area contributed by atoms with Crippen molar-refractivity contribution in [3.63, 3.8) is 0 Å². The monoisotopic (exact) mass is 382 g/mol. The Kier molecular flexibility index (Phi) is 6.79. The zero-order valence-corrected chi connectivity index (χ0v) is 13.9. The smallest absolute Gasteiger partial charge is 0.391 e. The van der Waals surface area contributed by atoms with Crippen molar-refractivity contribution in [2.75, 3.05) is 10.5 Å². The highest BCUT2D eigenvalue weighted by Gasteiger charge is 2.36. The zero-order chi connectivity index (χ0) is 19.3. The van der Waals surface area contributed by atoms with Crippen LogP contribution in [0.25, 0.3) is 0 Å². The zero-order valence-electron chi connectivity index (χ0n) is 13.1. The maximum Gasteiger partial charge on any atom is 0.391 e. The molecule has 0 aliphatic heterocycles. The highest BCUT2D eigenvalue weighted by Crippen LogP contribution is 2.23. The van der Waals surface area contributed by atoms with Crippen LogP contribution in [-0.4, -0.2) is 43.4 Å². The van der Waals surface area contributed by atoms with Crippen LogP contribution in [0.1, 0.15) is 30.1 Å². The molecule has 1 unspecified atom stereocenters. The van der Waals surface area contributed by atoms with Gasteiger partial charge in [-0.2, -0.15) is 13.2 Å². The molecule has 1 amide bonds. The van der Waals surface area contributed by atoms with E-state index in [1.165, 1.54) is 24.3 Å². The minimum Gasteiger partial charge on any atom is -0.480 e. The van der Waals surface area contributed by atoms with Gasteiger partial charge < -0.3 is 10.4 Å². The molecule has 1 aromatic rings. The maximum atomic E-state index is 12.4. The van der Waals surface area contributed by atoms with Crippen LogP contribution in [0.15, 0.2) is 24.3 Å². The maximum absolute atomic E-state index is 12.4. The molecule has 140 valence electrons. The molecule has 0 aromatic heterocycles. The van der Waals surface area contributed by atoms with Crippen molar-refractivity contribution >= 4 is 27.6 Å². The van der Waals surface area contributed by atoms with Gasteiger partial charge in [0.1, 0.15) is 6.04 Å². The lowest BCUT2D eigenvalue weighted by Gasteiger charge is -2.18. The van der Waals surface area contributed by atoms with Gasteiger partial charge in [0.25, 0.3) is 5.91 Å². The molecule has 0 heterocycles. The Labute approximate surface area is 142 Å². The number of hydrogen-bond donors (Lipinski definition) is 3. The number of nitrogens with one attached hydrogen (secondary N) is 2. The second-order valence-corrected chi connectivity index (χ2v) is 6.99. The molecular weight excluding hydrogens is 365 g/mol. The van der Waals surface area contributed by atoms with Gasteiger partial charge in [-0.1, -0.05) is 19.1 Å². The number of carbonyl (C=O) groups is 2. The predicted molar refractivity (Wildman–Crippen MR) is 83.7 cm³/mol. The highest BCUT2D eigenvalue weighted by molar-refractivity contribution is 7.92. The van der Waals surface area contributed by atoms with Crippen LogP contribution >= 0.6 is 0 Å². The van der Waals surface area contributed by atoms with Crippen molar-refractivity contribution in [2.24, 2.45) is 0 Å². The highest BCUT2D eigenvalue weighted by atomic mass is 32.2. The first-order valence-electron chi connectivity index (χ1n) is 7.15. The summed E-state index contributed by atoms with van der Waals surface area (Å²) in [5.41, 5.74) is -0.430. The van der Waals surface area contributed by atoms with E-state index in [9.17, 15) is 31.2 Å². The number of para-hydroxylation sites is 1. The SMILES string of the molecule is CCCS(=O)(=O)Nc1ccccc1C(=O)NC(CC(F)(F)F)C(=O)O. The van der Waals surface area contributed by atoms with E-state index in [1.54, 1.807) is 12.2 Å². The molecule has 0 aliphatic rings. The normalized spacial score (nSPS) is 13.1. The van der Waals surface area contributed by atoms with Crippen molar-refractivity contribution < 1.29 is 36.3 Å². The number of carbonyl (C=O) groups excluding carboxylic acids is 1. The van der Waals surface area contributed by atoms with Gasteiger partial charge in [0, 0.05) is 0 Å². The number of carboxylic acid groups (broad SMARTS) is 1. The number of anilines is 1. The summed E-state index contributed by atoms with van der Waals surface area (Å²) in [5, 5.41) is 10.6. The Morgan fingerprint density at radius 2 is 1.84 bits per heavy atom. The van der Waals surface area contributed by atoms with Gasteiger partial charge in [-0.3, -0.25) is 9.52 Å². The van der Waals surface area contributed by atoms with E-state index < -0.39 is 40.5 Å². The third-order valence-corrected chi connectivity index (χ3v) is 4.43. The number of amides is 1. The molecule has 0 aliphatic carbocycles. The van der Waals surface area contributed by atoms with Gasteiger partial charge in [0.2, 0.25) is 10.0 Å². The summed E-state index contributed by atoms with van der Waals surface area (Å²) in [6, 6.07) is 3.03. The molecular formula is C14H17F3N2O5S. The third-order valence-electron chi connectivity index (χ3n) is 2.95. The first-order valence-corrected chi connectivity index (χ1v) is 8.80. The fourth-order valence-corrected chi connectivity index (χ4v) is 3.08. The Hall–Kier alpha value is -2.30. The fraction of sp³-hybridized carbons (Fsp3) is 0.429. The summed E-state index contributed by atoms with van der Waals surface area (Å²) in [7, 11) is -3.74. The molecule has 0 radical (unpaired) electrons. The average molecular weight is 382 g/mol. The number of alkyl halides is 3. The van der Waals surface area contributed by atoms with E-state index in [0.717, 1.165) is 0 Å². The molecule has 11 heteroatoms. The van der Waals surface area contributed by atoms with Crippen molar-refractivity contribution in [3.8, 4) is 0 Å². The lowest BCUT2D eigenvalue weighted by Crippen LogP contribution is -2.43. The lowest BCUT2D eigenvalue weighted by atomic mass is 10.1. The molecule has 3 N–H and O–H groups in total. The summed E-state index contributed by atoms with van der Waals surface area (Å²) in [6.45, 7) is 1.63. The van der Waals surface area contributed by atoms with Gasteiger partial charge in [-0.15, -0.1) is 0 Å². The minimum atomic E-state index is -4.79. The number of aliphatic carboxylic acids is 1. The number of sulfonamides is 1. The van der Waals surface area contributed by atoms with Gasteiger partial charge in [0.05, 0.1) is 23.4 Å². The topological polar surface area (TPSA) is 113 Å².